The molecule has 0 radical (unpaired) electrons. The molecule has 4 unspecified atom stereocenters. The predicted molar refractivity (Wildman–Crippen MR) is 89.7 cm³/mol. The summed E-state index contributed by atoms with van der Waals surface area (Å²) >= 11 is 0. The lowest BCUT2D eigenvalue weighted by Gasteiger charge is -2.36. The van der Waals surface area contributed by atoms with Crippen molar-refractivity contribution in [2.45, 2.75) is 76.2 Å². The summed E-state index contributed by atoms with van der Waals surface area (Å²) in [5.74, 6) is 0. The van der Waals surface area contributed by atoms with Gasteiger partial charge in [0, 0.05) is 13.0 Å². The maximum atomic E-state index is 9.87. The van der Waals surface area contributed by atoms with Crippen molar-refractivity contribution in [3.8, 4) is 0 Å². The smallest absolute Gasteiger partial charge is 0.186 e. The maximum Gasteiger partial charge on any atom is 0.186 e. The molecule has 0 bridgehead atoms. The Morgan fingerprint density at radius 1 is 1.14 bits per heavy atom. The second-order valence-corrected chi connectivity index (χ2v) is 16.6. The monoisotopic (exact) mass is 352 g/mol. The number of hydrogen-bond donors (Lipinski definition) is 3. The molecule has 8 heteroatoms. The van der Waals surface area contributed by atoms with Gasteiger partial charge in [0.1, 0.15) is 6.10 Å². The fourth-order valence-corrected chi connectivity index (χ4v) is 10.8. The third-order valence-electron chi connectivity index (χ3n) is 3.50. The third-order valence-corrected chi connectivity index (χ3v) is 9.71. The van der Waals surface area contributed by atoms with Gasteiger partial charge in [0.25, 0.3) is 0 Å². The molecule has 1 saturated heterocycles. The quantitative estimate of drug-likeness (QED) is 0.450. The molecular weight excluding hydrogens is 320 g/mol. The van der Waals surface area contributed by atoms with Crippen molar-refractivity contribution in [3.05, 3.63) is 0 Å². The van der Waals surface area contributed by atoms with E-state index in [1.807, 2.05) is 0 Å². The summed E-state index contributed by atoms with van der Waals surface area (Å²) in [5, 5.41) is 28.7. The number of rotatable bonds is 8. The van der Waals surface area contributed by atoms with Gasteiger partial charge in [0.05, 0.1) is 18.8 Å². The lowest BCUT2D eigenvalue weighted by molar-refractivity contribution is -0.270. The van der Waals surface area contributed by atoms with E-state index in [-0.39, 0.29) is 13.0 Å². The van der Waals surface area contributed by atoms with Crippen LogP contribution < -0.4 is 0 Å². The minimum absolute atomic E-state index is 0.187. The van der Waals surface area contributed by atoms with Crippen molar-refractivity contribution >= 4 is 16.6 Å². The fraction of sp³-hybridized carbons (Fsp3) is 1.00. The molecule has 1 fully saturated rings. The van der Waals surface area contributed by atoms with E-state index in [1.54, 1.807) is 0 Å². The van der Waals surface area contributed by atoms with Crippen molar-refractivity contribution in [3.63, 3.8) is 0 Å². The minimum atomic E-state index is -1.69. The van der Waals surface area contributed by atoms with Gasteiger partial charge in [-0.2, -0.15) is 0 Å². The predicted octanol–water partition coefficient (Wildman–Crippen LogP) is 1.28. The van der Waals surface area contributed by atoms with Gasteiger partial charge in [-0.3, -0.25) is 0 Å². The lowest BCUT2D eigenvalue weighted by Crippen LogP contribution is -2.50. The van der Waals surface area contributed by atoms with E-state index < -0.39 is 41.2 Å². The summed E-state index contributed by atoms with van der Waals surface area (Å²) in [7, 11) is -3.21. The van der Waals surface area contributed by atoms with Crippen LogP contribution in [0, 0.1) is 0 Å². The molecule has 0 saturated carbocycles. The van der Waals surface area contributed by atoms with E-state index in [4.69, 9.17) is 18.7 Å². The first-order chi connectivity index (χ1) is 10.0. The van der Waals surface area contributed by atoms with Crippen molar-refractivity contribution < 1.29 is 28.9 Å². The average Bonchev–Trinajstić information content (AvgIpc) is 2.36. The normalized spacial score (nSPS) is 30.5. The molecule has 132 valence electrons. The van der Waals surface area contributed by atoms with Gasteiger partial charge in [0.15, 0.2) is 22.9 Å². The van der Waals surface area contributed by atoms with Crippen LogP contribution in [-0.4, -0.2) is 69.8 Å². The summed E-state index contributed by atoms with van der Waals surface area (Å²) < 4.78 is 17.3. The second kappa shape index (κ2) is 8.34. The van der Waals surface area contributed by atoms with Gasteiger partial charge < -0.3 is 28.9 Å². The average molecular weight is 353 g/mol. The highest BCUT2D eigenvalue weighted by molar-refractivity contribution is 6.84. The zero-order valence-electron chi connectivity index (χ0n) is 14.4. The SMILES string of the molecule is C[Si](C)(C)O[Si](C)(C)CCCOC1OC(CO)CC(O)C1O. The van der Waals surface area contributed by atoms with Crippen LogP contribution >= 0.6 is 0 Å². The first-order valence-electron chi connectivity index (χ1n) is 7.98. The van der Waals surface area contributed by atoms with Crippen LogP contribution in [0.25, 0.3) is 0 Å². The Kier molecular flexibility index (Phi) is 7.67. The summed E-state index contributed by atoms with van der Waals surface area (Å²) in [4.78, 5) is 0. The van der Waals surface area contributed by atoms with E-state index in [1.165, 1.54) is 0 Å². The molecule has 3 N–H and O–H groups in total. The van der Waals surface area contributed by atoms with Gasteiger partial charge >= 0.3 is 0 Å². The van der Waals surface area contributed by atoms with Crippen LogP contribution in [0.15, 0.2) is 0 Å². The Bertz CT molecular complexity index is 334. The van der Waals surface area contributed by atoms with Crippen molar-refractivity contribution in [1.82, 2.24) is 0 Å². The van der Waals surface area contributed by atoms with E-state index in [0.717, 1.165) is 12.5 Å². The lowest BCUT2D eigenvalue weighted by atomic mass is 10.0. The van der Waals surface area contributed by atoms with Gasteiger partial charge in [-0.05, 0) is 45.2 Å². The molecule has 6 nitrogen and oxygen atoms in total. The fourth-order valence-electron chi connectivity index (χ4n) is 2.75. The summed E-state index contributed by atoms with van der Waals surface area (Å²) in [6, 6.07) is 0.978. The van der Waals surface area contributed by atoms with Crippen LogP contribution in [0.3, 0.4) is 0 Å². The topological polar surface area (TPSA) is 88.4 Å². The largest absolute Gasteiger partial charge is 0.456 e. The van der Waals surface area contributed by atoms with Gasteiger partial charge in [0.2, 0.25) is 0 Å². The first kappa shape index (κ1) is 20.2. The standard InChI is InChI=1S/C14H32O6Si2/c1-21(2,3)20-22(4,5)8-6-7-18-14-13(17)12(16)9-11(10-15)19-14/h11-17H,6-10H2,1-5H3. The van der Waals surface area contributed by atoms with Gasteiger partial charge in [-0.15, -0.1) is 0 Å². The highest BCUT2D eigenvalue weighted by Crippen LogP contribution is 2.23. The van der Waals surface area contributed by atoms with E-state index >= 15 is 0 Å². The number of aliphatic hydroxyl groups excluding tert-OH is 3. The van der Waals surface area contributed by atoms with Gasteiger partial charge in [-0.1, -0.05) is 0 Å². The molecule has 0 aromatic rings. The number of ether oxygens (including phenoxy) is 2. The van der Waals surface area contributed by atoms with Crippen molar-refractivity contribution in [2.24, 2.45) is 0 Å². The van der Waals surface area contributed by atoms with Crippen LogP contribution in [0.5, 0.6) is 0 Å². The van der Waals surface area contributed by atoms with E-state index in [0.29, 0.717) is 6.61 Å². The zero-order chi connectivity index (χ0) is 17.0. The zero-order valence-corrected chi connectivity index (χ0v) is 16.4. The number of hydrogen-bond acceptors (Lipinski definition) is 6. The maximum absolute atomic E-state index is 9.87. The van der Waals surface area contributed by atoms with Crippen molar-refractivity contribution in [2.75, 3.05) is 13.2 Å². The molecule has 0 amide bonds. The Morgan fingerprint density at radius 2 is 1.77 bits per heavy atom. The Morgan fingerprint density at radius 3 is 2.32 bits per heavy atom. The molecule has 0 aliphatic carbocycles. The molecule has 1 aliphatic heterocycles. The van der Waals surface area contributed by atoms with E-state index in [2.05, 4.69) is 32.7 Å². The highest BCUT2D eigenvalue weighted by Gasteiger charge is 2.37. The number of aliphatic hydroxyl groups is 3. The van der Waals surface area contributed by atoms with Crippen LogP contribution in [0.1, 0.15) is 12.8 Å². The molecule has 1 rings (SSSR count). The molecule has 1 aliphatic rings. The van der Waals surface area contributed by atoms with Gasteiger partial charge in [-0.25, -0.2) is 0 Å². The Balaban J connectivity index is 2.34. The first-order valence-corrected chi connectivity index (χ1v) is 14.5. The highest BCUT2D eigenvalue weighted by atomic mass is 28.4. The van der Waals surface area contributed by atoms with Crippen LogP contribution in [0.2, 0.25) is 38.8 Å². The molecule has 0 spiro atoms. The molecule has 0 aromatic heterocycles. The van der Waals surface area contributed by atoms with Crippen molar-refractivity contribution in [1.29, 1.82) is 0 Å². The molecule has 4 atom stereocenters. The third kappa shape index (κ3) is 7.18. The minimum Gasteiger partial charge on any atom is -0.456 e. The summed E-state index contributed by atoms with van der Waals surface area (Å²) in [6.45, 7) is 11.3. The Hall–Kier alpha value is 0.194. The molecule has 0 aromatic carbocycles. The molecule has 22 heavy (non-hydrogen) atoms. The molecular formula is C14H32O6Si2. The Labute approximate surface area is 135 Å². The summed E-state index contributed by atoms with van der Waals surface area (Å²) in [5.41, 5.74) is 0. The van der Waals surface area contributed by atoms with Crippen LogP contribution in [-0.2, 0) is 13.6 Å². The van der Waals surface area contributed by atoms with Crippen LogP contribution in [0.4, 0.5) is 0 Å². The van der Waals surface area contributed by atoms with E-state index in [9.17, 15) is 10.2 Å². The summed E-state index contributed by atoms with van der Waals surface area (Å²) in [6.07, 6.45) is -2.28. The molecule has 1 heterocycles. The second-order valence-electron chi connectivity index (χ2n) is 7.55.